The predicted molar refractivity (Wildman–Crippen MR) is 104 cm³/mol. The van der Waals surface area contributed by atoms with Gasteiger partial charge in [0.1, 0.15) is 12.4 Å². The van der Waals surface area contributed by atoms with Gasteiger partial charge in [-0.1, -0.05) is 18.2 Å². The molecule has 1 aliphatic rings. The van der Waals surface area contributed by atoms with Crippen LogP contribution in [-0.2, 0) is 0 Å². The zero-order valence-corrected chi connectivity index (χ0v) is 15.0. The summed E-state index contributed by atoms with van der Waals surface area (Å²) in [5, 5.41) is 7.36. The molecular weight excluding hydrogens is 364 g/mol. The number of benzene rings is 1. The first-order chi connectivity index (χ1) is 13.2. The molecule has 0 saturated heterocycles. The Morgan fingerprint density at radius 2 is 2.22 bits per heavy atom. The monoisotopic (exact) mass is 380 g/mol. The molecule has 3 aromatic heterocycles. The lowest BCUT2D eigenvalue weighted by molar-refractivity contribution is 0.312. The second-order valence-corrected chi connectivity index (χ2v) is 7.06. The Balaban J connectivity index is 1.80. The Bertz CT molecular complexity index is 1180. The van der Waals surface area contributed by atoms with Crippen LogP contribution < -0.4 is 21.5 Å². The fraction of sp³-hybridized carbons (Fsp3) is 0.167. The molecule has 0 amide bonds. The Kier molecular flexibility index (Phi) is 3.69. The highest BCUT2D eigenvalue weighted by molar-refractivity contribution is 7.12. The third kappa shape index (κ3) is 2.59. The van der Waals surface area contributed by atoms with Crippen LogP contribution in [0, 0.1) is 0 Å². The Morgan fingerprint density at radius 1 is 1.33 bits per heavy atom. The molecular formula is C18H16N6O2S. The topological polar surface area (TPSA) is 111 Å². The van der Waals surface area contributed by atoms with E-state index in [1.54, 1.807) is 17.5 Å². The number of ether oxygens (including phenoxy) is 1. The first-order valence-electron chi connectivity index (χ1n) is 8.48. The first-order valence-corrected chi connectivity index (χ1v) is 9.36. The van der Waals surface area contributed by atoms with E-state index >= 15 is 0 Å². The van der Waals surface area contributed by atoms with E-state index in [1.807, 2.05) is 17.5 Å². The van der Waals surface area contributed by atoms with E-state index < -0.39 is 5.69 Å². The van der Waals surface area contributed by atoms with Gasteiger partial charge in [-0.2, -0.15) is 4.98 Å². The standard InChI is InChI=1S/C18H16N6O2S/c19-15-13-14(20-5-7-26-16(13)23-17(25)22-15)12-9-10-3-1-2-4-11(10)24(12)18-21-6-8-27-18/h1-4,6,8-9,14,20H,5,7H2,(H3,19,22,23,25). The summed E-state index contributed by atoms with van der Waals surface area (Å²) >= 11 is 1.55. The van der Waals surface area contributed by atoms with Crippen LogP contribution in [0.3, 0.4) is 0 Å². The van der Waals surface area contributed by atoms with Gasteiger partial charge in [-0.05, 0) is 12.1 Å². The van der Waals surface area contributed by atoms with Gasteiger partial charge in [0.05, 0.1) is 17.1 Å². The number of H-pyrrole nitrogens is 1. The van der Waals surface area contributed by atoms with Crippen LogP contribution in [0.2, 0.25) is 0 Å². The quantitative estimate of drug-likeness (QED) is 0.489. The van der Waals surface area contributed by atoms with Crippen LogP contribution in [0.1, 0.15) is 17.3 Å². The third-order valence-electron chi connectivity index (χ3n) is 4.59. The van der Waals surface area contributed by atoms with Gasteiger partial charge >= 0.3 is 5.69 Å². The van der Waals surface area contributed by atoms with Crippen molar-refractivity contribution in [3.8, 4) is 11.0 Å². The average molecular weight is 380 g/mol. The predicted octanol–water partition coefficient (Wildman–Crippen LogP) is 1.82. The van der Waals surface area contributed by atoms with E-state index in [4.69, 9.17) is 10.5 Å². The van der Waals surface area contributed by atoms with Crippen molar-refractivity contribution in [2.24, 2.45) is 0 Å². The fourth-order valence-corrected chi connectivity index (χ4v) is 4.18. The number of para-hydroxylation sites is 1. The van der Waals surface area contributed by atoms with E-state index in [0.717, 1.165) is 21.7 Å². The largest absolute Gasteiger partial charge is 0.476 e. The zero-order valence-electron chi connectivity index (χ0n) is 14.2. The fourth-order valence-electron chi connectivity index (χ4n) is 3.50. The average Bonchev–Trinajstić information content (AvgIpc) is 3.24. The molecule has 4 N–H and O–H groups in total. The summed E-state index contributed by atoms with van der Waals surface area (Å²) in [6.45, 7) is 0.991. The number of aromatic amines is 1. The second kappa shape index (κ2) is 6.22. The van der Waals surface area contributed by atoms with Crippen molar-refractivity contribution in [2.75, 3.05) is 18.9 Å². The third-order valence-corrected chi connectivity index (χ3v) is 5.35. The maximum Gasteiger partial charge on any atom is 0.349 e. The van der Waals surface area contributed by atoms with Crippen molar-refractivity contribution >= 4 is 28.1 Å². The van der Waals surface area contributed by atoms with E-state index in [9.17, 15) is 4.79 Å². The minimum atomic E-state index is -0.521. The molecule has 1 unspecified atom stereocenters. The van der Waals surface area contributed by atoms with Crippen LogP contribution in [0.4, 0.5) is 5.82 Å². The summed E-state index contributed by atoms with van der Waals surface area (Å²) in [6, 6.07) is 9.93. The van der Waals surface area contributed by atoms with Crippen LogP contribution in [0.15, 0.2) is 46.7 Å². The summed E-state index contributed by atoms with van der Waals surface area (Å²) in [6.07, 6.45) is 1.78. The van der Waals surface area contributed by atoms with Crippen LogP contribution in [-0.4, -0.2) is 32.7 Å². The number of rotatable bonds is 2. The highest BCUT2D eigenvalue weighted by Gasteiger charge is 2.29. The number of fused-ring (bicyclic) bond motifs is 2. The molecule has 136 valence electrons. The number of nitrogens with zero attached hydrogens (tertiary/aromatic N) is 3. The van der Waals surface area contributed by atoms with Crippen molar-refractivity contribution in [3.63, 3.8) is 0 Å². The molecule has 0 spiro atoms. The van der Waals surface area contributed by atoms with E-state index in [2.05, 4.69) is 43.0 Å². The smallest absolute Gasteiger partial charge is 0.349 e. The molecule has 4 aromatic rings. The summed E-state index contributed by atoms with van der Waals surface area (Å²) in [4.78, 5) is 22.8. The lowest BCUT2D eigenvalue weighted by atomic mass is 10.1. The molecule has 0 bridgehead atoms. The van der Waals surface area contributed by atoms with Gasteiger partial charge in [-0.15, -0.1) is 11.3 Å². The van der Waals surface area contributed by atoms with Gasteiger partial charge in [-0.25, -0.2) is 9.78 Å². The van der Waals surface area contributed by atoms with Gasteiger partial charge in [0.2, 0.25) is 5.88 Å². The van der Waals surface area contributed by atoms with E-state index in [-0.39, 0.29) is 17.7 Å². The maximum absolute atomic E-state index is 11.8. The second-order valence-electron chi connectivity index (χ2n) is 6.19. The zero-order chi connectivity index (χ0) is 18.4. The van der Waals surface area contributed by atoms with Crippen molar-refractivity contribution in [1.29, 1.82) is 0 Å². The molecule has 0 aliphatic carbocycles. The molecule has 1 atom stereocenters. The van der Waals surface area contributed by atoms with Crippen molar-refractivity contribution in [2.45, 2.75) is 6.04 Å². The number of nitrogens with one attached hydrogen (secondary N) is 2. The Hall–Kier alpha value is -3.17. The maximum atomic E-state index is 11.8. The molecule has 27 heavy (non-hydrogen) atoms. The number of thiazole rings is 1. The SMILES string of the molecule is Nc1[nH]c(=O)nc2c1C(c1cc3ccccc3n1-c1nccs1)NCCO2. The van der Waals surface area contributed by atoms with Gasteiger partial charge in [0, 0.05) is 29.2 Å². The number of anilines is 1. The molecule has 1 aliphatic heterocycles. The lowest BCUT2D eigenvalue weighted by Crippen LogP contribution is -2.27. The molecule has 0 radical (unpaired) electrons. The van der Waals surface area contributed by atoms with Crippen LogP contribution in [0.5, 0.6) is 5.88 Å². The highest BCUT2D eigenvalue weighted by atomic mass is 32.1. The van der Waals surface area contributed by atoms with Gasteiger partial charge in [-0.3, -0.25) is 9.55 Å². The number of nitrogens with two attached hydrogens (primary N) is 1. The van der Waals surface area contributed by atoms with Gasteiger partial charge < -0.3 is 15.8 Å². The van der Waals surface area contributed by atoms with Crippen LogP contribution >= 0.6 is 11.3 Å². The molecule has 8 nitrogen and oxygen atoms in total. The summed E-state index contributed by atoms with van der Waals surface area (Å²) in [5.74, 6) is 0.516. The highest BCUT2D eigenvalue weighted by Crippen LogP contribution is 2.37. The normalized spacial score (nSPS) is 16.7. The first kappa shape index (κ1) is 16.0. The summed E-state index contributed by atoms with van der Waals surface area (Å²) in [7, 11) is 0. The van der Waals surface area contributed by atoms with Gasteiger partial charge in [0.15, 0.2) is 5.13 Å². The lowest BCUT2D eigenvalue weighted by Gasteiger charge is -2.20. The number of hydrogen-bond acceptors (Lipinski definition) is 7. The summed E-state index contributed by atoms with van der Waals surface area (Å²) < 4.78 is 7.78. The number of hydrogen-bond donors (Lipinski definition) is 3. The minimum Gasteiger partial charge on any atom is -0.476 e. The van der Waals surface area contributed by atoms with Crippen molar-refractivity contribution in [3.05, 3.63) is 63.7 Å². The molecule has 0 saturated carbocycles. The van der Waals surface area contributed by atoms with Crippen LogP contribution in [0.25, 0.3) is 16.0 Å². The van der Waals surface area contributed by atoms with E-state index in [0.29, 0.717) is 18.7 Å². The number of nitrogen functional groups attached to an aromatic ring is 1. The Morgan fingerprint density at radius 3 is 3.07 bits per heavy atom. The van der Waals surface area contributed by atoms with Crippen molar-refractivity contribution < 1.29 is 4.74 Å². The Labute approximate surface area is 157 Å². The molecule has 9 heteroatoms. The van der Waals surface area contributed by atoms with E-state index in [1.165, 1.54) is 0 Å². The van der Waals surface area contributed by atoms with Gasteiger partial charge in [0.25, 0.3) is 0 Å². The minimum absolute atomic E-state index is 0.250. The van der Waals surface area contributed by atoms with Crippen molar-refractivity contribution in [1.82, 2.24) is 24.8 Å². The molecule has 1 aromatic carbocycles. The number of aromatic nitrogens is 4. The molecule has 0 fully saturated rings. The summed E-state index contributed by atoms with van der Waals surface area (Å²) in [5.41, 5.74) is 8.28. The molecule has 5 rings (SSSR count). The molecule has 4 heterocycles.